The van der Waals surface area contributed by atoms with Crippen molar-refractivity contribution in [1.82, 2.24) is 0 Å². The van der Waals surface area contributed by atoms with Gasteiger partial charge in [-0.1, -0.05) is 35.3 Å². The molecule has 0 heterocycles. The average Bonchev–Trinajstić information content (AvgIpc) is 1.77. The van der Waals surface area contributed by atoms with Gasteiger partial charge in [0, 0.05) is 6.07 Å². The predicted octanol–water partition coefficient (Wildman–Crippen LogP) is 1.88. The first-order chi connectivity index (χ1) is 3.80. The van der Waals surface area contributed by atoms with Gasteiger partial charge in [-0.3, -0.25) is 0 Å². The first kappa shape index (κ1) is 9.57. The summed E-state index contributed by atoms with van der Waals surface area (Å²) in [4.78, 5) is 0. The van der Waals surface area contributed by atoms with E-state index in [4.69, 9.17) is 23.2 Å². The molecule has 0 amide bonds. The number of halogens is 2. The van der Waals surface area contributed by atoms with Crippen molar-refractivity contribution in [2.45, 2.75) is 0 Å². The molecule has 45 valence electrons. The van der Waals surface area contributed by atoms with Gasteiger partial charge in [0.25, 0.3) is 0 Å². The average molecular weight is 172 g/mol. The molecule has 3 heteroatoms. The van der Waals surface area contributed by atoms with Crippen LogP contribution >= 0.6 is 23.2 Å². The molecule has 0 aromatic heterocycles. The van der Waals surface area contributed by atoms with Gasteiger partial charge in [-0.05, 0) is 6.07 Å². The summed E-state index contributed by atoms with van der Waals surface area (Å²) in [5.74, 6) is 0. The van der Waals surface area contributed by atoms with Gasteiger partial charge >= 0.3 is 23.1 Å². The number of benzene rings is 1. The lowest BCUT2D eigenvalue weighted by molar-refractivity contribution is 1.69. The third-order valence-corrected chi connectivity index (χ3v) is 1.48. The van der Waals surface area contributed by atoms with Gasteiger partial charge in [-0.25, -0.2) is 0 Å². The molecule has 0 aliphatic carbocycles. The van der Waals surface area contributed by atoms with Crippen molar-refractivity contribution in [2.75, 3.05) is 0 Å². The van der Waals surface area contributed by atoms with Crippen LogP contribution < -0.4 is 0 Å². The lowest BCUT2D eigenvalue weighted by Gasteiger charge is -1.87. The molecule has 9 heavy (non-hydrogen) atoms. The summed E-state index contributed by atoms with van der Waals surface area (Å²) >= 11 is 11.1. The van der Waals surface area contributed by atoms with Crippen LogP contribution in [0.1, 0.15) is 0 Å². The number of hydrogen-bond acceptors (Lipinski definition) is 0. The highest BCUT2D eigenvalue weighted by Crippen LogP contribution is 2.18. The lowest BCUT2D eigenvalue weighted by atomic mass is 10.4. The fourth-order valence-electron chi connectivity index (χ4n) is 0.396. The molecule has 0 saturated carbocycles. The standard InChI is InChI=1S/C6H3Cl2.Mg.2H/c7-5-3-1-2-4-6(5)8;;;/h1-3H;;;. The van der Waals surface area contributed by atoms with Crippen molar-refractivity contribution >= 4 is 46.3 Å². The van der Waals surface area contributed by atoms with E-state index < -0.39 is 0 Å². The minimum atomic E-state index is 0. The van der Waals surface area contributed by atoms with Crippen LogP contribution in [0.15, 0.2) is 18.2 Å². The molecule has 0 bridgehead atoms. The third-order valence-electron chi connectivity index (χ3n) is 0.759. The van der Waals surface area contributed by atoms with Gasteiger partial charge in [-0.15, -0.1) is 0 Å². The first-order valence-corrected chi connectivity index (χ1v) is 2.88. The zero-order valence-electron chi connectivity index (χ0n) is 3.99. The summed E-state index contributed by atoms with van der Waals surface area (Å²) in [5, 5.41) is 1.03. The van der Waals surface area contributed by atoms with Crippen molar-refractivity contribution in [3.05, 3.63) is 34.3 Å². The van der Waals surface area contributed by atoms with Crippen LogP contribution in [-0.2, 0) is 0 Å². The fraction of sp³-hybridized carbons (Fsp3) is 0. The molecule has 0 fully saturated rings. The summed E-state index contributed by atoms with van der Waals surface area (Å²) in [5.41, 5.74) is 0. The van der Waals surface area contributed by atoms with E-state index in [0.717, 1.165) is 0 Å². The summed E-state index contributed by atoms with van der Waals surface area (Å²) in [7, 11) is 0. The Bertz CT molecular complexity index is 167. The van der Waals surface area contributed by atoms with Crippen molar-refractivity contribution in [3.63, 3.8) is 0 Å². The van der Waals surface area contributed by atoms with Gasteiger partial charge in [0.15, 0.2) is 0 Å². The van der Waals surface area contributed by atoms with E-state index in [2.05, 4.69) is 6.07 Å². The Hall–Kier alpha value is 0.566. The Morgan fingerprint density at radius 3 is 2.33 bits per heavy atom. The van der Waals surface area contributed by atoms with Crippen LogP contribution in [0.3, 0.4) is 0 Å². The molecule has 0 saturated heterocycles. The Kier molecular flexibility index (Phi) is 4.67. The second-order valence-corrected chi connectivity index (χ2v) is 2.12. The smallest absolute Gasteiger partial charge is 0.0827 e. The Morgan fingerprint density at radius 1 is 1.33 bits per heavy atom. The second-order valence-electron chi connectivity index (χ2n) is 1.33. The molecular formula is C6H5Cl2Mg. The van der Waals surface area contributed by atoms with Crippen LogP contribution in [0.5, 0.6) is 0 Å². The van der Waals surface area contributed by atoms with Gasteiger partial charge < -0.3 is 0 Å². The van der Waals surface area contributed by atoms with Gasteiger partial charge in [0.1, 0.15) is 0 Å². The summed E-state index contributed by atoms with van der Waals surface area (Å²) in [6.45, 7) is 0. The zero-order chi connectivity index (χ0) is 5.98. The van der Waals surface area contributed by atoms with Crippen LogP contribution in [0.2, 0.25) is 10.0 Å². The third kappa shape index (κ3) is 2.76. The van der Waals surface area contributed by atoms with Crippen molar-refractivity contribution in [1.29, 1.82) is 0 Å². The van der Waals surface area contributed by atoms with E-state index in [1.165, 1.54) is 0 Å². The van der Waals surface area contributed by atoms with Crippen molar-refractivity contribution in [2.24, 2.45) is 0 Å². The second kappa shape index (κ2) is 4.39. The van der Waals surface area contributed by atoms with E-state index >= 15 is 0 Å². The maximum Gasteiger partial charge on any atom is 0.316 e. The van der Waals surface area contributed by atoms with Crippen LogP contribution in [0, 0.1) is 6.07 Å². The quantitative estimate of drug-likeness (QED) is 0.524. The highest BCUT2D eigenvalue weighted by Gasteiger charge is 1.90. The molecule has 1 aromatic carbocycles. The lowest BCUT2D eigenvalue weighted by Crippen LogP contribution is -1.63. The SMILES string of the molecule is Clc1[c]cccc1Cl.[MgH2]. The molecular weight excluding hydrogens is 167 g/mol. The van der Waals surface area contributed by atoms with E-state index in [1.54, 1.807) is 18.2 Å². The fourth-order valence-corrected chi connectivity index (χ4v) is 0.649. The Labute approximate surface area is 80.3 Å². The summed E-state index contributed by atoms with van der Waals surface area (Å²) < 4.78 is 0. The van der Waals surface area contributed by atoms with Gasteiger partial charge in [-0.2, -0.15) is 0 Å². The zero-order valence-corrected chi connectivity index (χ0v) is 5.50. The molecule has 0 atom stereocenters. The molecule has 1 aromatic rings. The molecule has 0 unspecified atom stereocenters. The normalized spacial score (nSPS) is 8.22. The Morgan fingerprint density at radius 2 is 2.00 bits per heavy atom. The van der Waals surface area contributed by atoms with Crippen LogP contribution in [-0.4, -0.2) is 23.1 Å². The topological polar surface area (TPSA) is 0 Å². The van der Waals surface area contributed by atoms with Crippen LogP contribution in [0.25, 0.3) is 0 Å². The molecule has 0 aliphatic rings. The minimum Gasteiger partial charge on any atom is -0.0827 e. The van der Waals surface area contributed by atoms with E-state index in [1.807, 2.05) is 0 Å². The van der Waals surface area contributed by atoms with Gasteiger partial charge in [0.2, 0.25) is 0 Å². The number of rotatable bonds is 0. The molecule has 0 aliphatic heterocycles. The maximum atomic E-state index is 5.55. The van der Waals surface area contributed by atoms with Crippen LogP contribution in [0.4, 0.5) is 0 Å². The maximum absolute atomic E-state index is 5.55. The number of hydrogen-bond donors (Lipinski definition) is 0. The molecule has 0 spiro atoms. The van der Waals surface area contributed by atoms with Gasteiger partial charge in [0.05, 0.1) is 10.0 Å². The minimum absolute atomic E-state index is 0. The monoisotopic (exact) mass is 171 g/mol. The molecule has 0 nitrogen and oxygen atoms in total. The highest BCUT2D eigenvalue weighted by atomic mass is 35.5. The molecule has 1 rings (SSSR count). The Balaban J connectivity index is 0.000000640. The first-order valence-electron chi connectivity index (χ1n) is 2.12. The summed E-state index contributed by atoms with van der Waals surface area (Å²) in [6, 6.07) is 7.96. The molecule has 0 N–H and O–H groups in total. The van der Waals surface area contributed by atoms with E-state index in [9.17, 15) is 0 Å². The van der Waals surface area contributed by atoms with E-state index in [0.29, 0.717) is 10.0 Å². The summed E-state index contributed by atoms with van der Waals surface area (Å²) in [6.07, 6.45) is 0. The highest BCUT2D eigenvalue weighted by molar-refractivity contribution is 6.41. The molecule has 1 radical (unpaired) electrons. The van der Waals surface area contributed by atoms with Crippen molar-refractivity contribution in [3.8, 4) is 0 Å². The van der Waals surface area contributed by atoms with E-state index in [-0.39, 0.29) is 23.1 Å². The largest absolute Gasteiger partial charge is 0.316 e. The predicted molar refractivity (Wildman–Crippen MR) is 43.8 cm³/mol. The van der Waals surface area contributed by atoms with Crippen molar-refractivity contribution < 1.29 is 0 Å².